The molecule has 13 rings (SSSR count). The van der Waals surface area contributed by atoms with E-state index in [1.165, 1.54) is 42.5 Å². The van der Waals surface area contributed by atoms with Crippen molar-refractivity contribution in [1.82, 2.24) is 29.6 Å². The maximum atomic E-state index is 14.8. The number of amides is 4. The molecule has 0 aliphatic carbocycles. The Morgan fingerprint density at radius 2 is 1.07 bits per heavy atom. The number of amidine groups is 2. The van der Waals surface area contributed by atoms with Crippen LogP contribution in [0.5, 0.6) is 5.75 Å². The van der Waals surface area contributed by atoms with Crippen molar-refractivity contribution in [1.29, 1.82) is 10.8 Å². The van der Waals surface area contributed by atoms with Gasteiger partial charge in [-0.1, -0.05) is 42.5 Å². The van der Waals surface area contributed by atoms with E-state index in [0.717, 1.165) is 54.6 Å². The van der Waals surface area contributed by atoms with Gasteiger partial charge in [-0.05, 0) is 173 Å². The molecule has 9 heterocycles. The van der Waals surface area contributed by atoms with Gasteiger partial charge in [-0.15, -0.1) is 0 Å². The van der Waals surface area contributed by atoms with E-state index in [-0.39, 0.29) is 99.9 Å². The smallest absolute Gasteiger partial charge is 0.237 e. The number of anilines is 5. The zero-order valence-electron chi connectivity index (χ0n) is 59.1. The molecular formula is C77H88F3N19O5. The summed E-state index contributed by atoms with van der Waals surface area (Å²) in [6, 6.07) is 28.4. The summed E-state index contributed by atoms with van der Waals surface area (Å²) in [5.41, 5.74) is 30.4. The molecule has 104 heavy (non-hydrogen) atoms. The number of hydrogen-bond donors (Lipinski definition) is 6. The summed E-state index contributed by atoms with van der Waals surface area (Å²) in [5.74, 6) is -0.0849. The number of nitrogens with zero attached hydrogens (tertiary/aromatic N) is 13. The molecule has 0 unspecified atom stereocenters. The van der Waals surface area contributed by atoms with E-state index in [9.17, 15) is 32.3 Å². The molecule has 2 spiro atoms. The molecule has 7 aliphatic rings. The third-order valence-corrected chi connectivity index (χ3v) is 20.6. The average molecular weight is 1420 g/mol. The fourth-order valence-electron chi connectivity index (χ4n) is 14.9. The van der Waals surface area contributed by atoms with Gasteiger partial charge in [0, 0.05) is 96.2 Å². The Hall–Kier alpha value is -10.9. The lowest BCUT2D eigenvalue weighted by atomic mass is 9.85. The van der Waals surface area contributed by atoms with Gasteiger partial charge in [-0.3, -0.25) is 59.6 Å². The number of ether oxygens (including phenoxy) is 1. The molecule has 10 N–H and O–H groups in total. The Morgan fingerprint density at radius 3 is 1.57 bits per heavy atom. The summed E-state index contributed by atoms with van der Waals surface area (Å²) in [6.45, 7) is 10.9. The van der Waals surface area contributed by atoms with E-state index in [1.807, 2.05) is 45.0 Å². The second kappa shape index (κ2) is 31.3. The monoisotopic (exact) mass is 1420 g/mol. The maximum Gasteiger partial charge on any atom is 0.237 e. The quantitative estimate of drug-likeness (QED) is 0.0329. The van der Waals surface area contributed by atoms with Crippen LogP contribution in [0.1, 0.15) is 110 Å². The third-order valence-electron chi connectivity index (χ3n) is 20.6. The Bertz CT molecular complexity index is 4530. The number of rotatable bonds is 19. The van der Waals surface area contributed by atoms with Crippen LogP contribution in [0.15, 0.2) is 135 Å². The predicted octanol–water partition coefficient (Wildman–Crippen LogP) is 8.18. The van der Waals surface area contributed by atoms with Crippen LogP contribution in [-0.2, 0) is 19.2 Å². The van der Waals surface area contributed by atoms with Gasteiger partial charge in [0.2, 0.25) is 23.6 Å². The molecule has 2 aromatic heterocycles. The number of aliphatic imine (C=N–C) groups is 4. The van der Waals surface area contributed by atoms with Gasteiger partial charge in [0.1, 0.15) is 59.0 Å². The maximum absolute atomic E-state index is 14.8. The summed E-state index contributed by atoms with van der Waals surface area (Å²) in [5, 5.41) is 17.7. The van der Waals surface area contributed by atoms with Crippen molar-refractivity contribution in [2.75, 3.05) is 132 Å². The molecule has 7 aliphatic heterocycles. The van der Waals surface area contributed by atoms with E-state index < -0.39 is 22.5 Å². The highest BCUT2D eigenvalue weighted by Gasteiger charge is 2.53. The number of nitrogens with two attached hydrogens (primary N) is 4. The molecule has 0 radical (unpaired) electrons. The van der Waals surface area contributed by atoms with Crippen molar-refractivity contribution in [3.8, 4) is 5.75 Å². The van der Waals surface area contributed by atoms with Gasteiger partial charge in [0.25, 0.3) is 0 Å². The zero-order valence-corrected chi connectivity index (χ0v) is 59.1. The molecule has 2 atom stereocenters. The Labute approximate surface area is 602 Å². The second-order valence-corrected chi connectivity index (χ2v) is 27.7. The molecular weight excluding hydrogens is 1330 g/mol. The zero-order chi connectivity index (χ0) is 73.6. The van der Waals surface area contributed by atoms with Gasteiger partial charge in [-0.25, -0.2) is 33.1 Å². The minimum atomic E-state index is -0.644. The topological polar surface area (TPSA) is 327 Å². The van der Waals surface area contributed by atoms with Crippen molar-refractivity contribution in [2.45, 2.75) is 71.3 Å². The summed E-state index contributed by atoms with van der Waals surface area (Å²) in [7, 11) is 3.19. The fourth-order valence-corrected chi connectivity index (χ4v) is 14.9. The number of carbonyl (C=O) groups is 4. The first-order chi connectivity index (χ1) is 50.0. The second-order valence-electron chi connectivity index (χ2n) is 27.7. The standard InChI is InChI=1S/C39H45FN10O2.C38H43F2N9O3/c1-44-25-45-37(43)28-6-4-26(5-7-28)27-12-18-49(19-13-27)34(51)23-47-20-14-39(24-47)15-21-50(38(39)52)33-11-10-31(41)36(46-33)35(42)29-8-9-30(40)32(22-29)48-16-2-3-17-48;1-23(2)52-31-8-5-26(19-29(31)40)34(42)35-30(41)7-9-32(46-35)49-17-13-38(37(49)51)12-16-47(21-38)20-33(50)48-14-10-24(11-15-48)25-4-6-27(28(39)18-25)36(43)45-22-44-3/h4-12,22,25,42H,2-3,13-21,23-24,41H2,1H3,(H2,43,44,45);4-10,18-19,22-23,42H,11-17,20-21,41H2,1-3H3,(H2,43,44,45)/t39-;38-/m00/s1. The Kier molecular flexibility index (Phi) is 22.0. The Morgan fingerprint density at radius 1 is 0.577 bits per heavy atom. The summed E-state index contributed by atoms with van der Waals surface area (Å²) in [4.78, 5) is 92.7. The van der Waals surface area contributed by atoms with Gasteiger partial charge in [0.15, 0.2) is 11.6 Å². The third kappa shape index (κ3) is 15.7. The Balaban J connectivity index is 0.000000196. The molecule has 542 valence electrons. The first-order valence-electron chi connectivity index (χ1n) is 35.2. The van der Waals surface area contributed by atoms with Crippen molar-refractivity contribution in [2.24, 2.45) is 42.3 Å². The molecule has 27 heteroatoms. The van der Waals surface area contributed by atoms with Crippen molar-refractivity contribution in [3.63, 3.8) is 0 Å². The van der Waals surface area contributed by atoms with E-state index in [4.69, 9.17) is 43.5 Å². The molecule has 6 aromatic rings. The normalized spacial score (nSPS) is 20.4. The van der Waals surface area contributed by atoms with Crippen LogP contribution in [0, 0.1) is 39.1 Å². The van der Waals surface area contributed by atoms with Crippen molar-refractivity contribution < 1.29 is 37.1 Å². The average Bonchev–Trinajstić information content (AvgIpc) is 1.60. The molecule has 5 fully saturated rings. The molecule has 0 bridgehead atoms. The van der Waals surface area contributed by atoms with Crippen LogP contribution < -0.4 is 42.4 Å². The first-order valence-corrected chi connectivity index (χ1v) is 35.2. The van der Waals surface area contributed by atoms with Crippen molar-refractivity contribution >= 4 is 99.2 Å². The summed E-state index contributed by atoms with van der Waals surface area (Å²) >= 11 is 0. The minimum Gasteiger partial charge on any atom is -0.488 e. The van der Waals surface area contributed by atoms with Crippen LogP contribution in [0.3, 0.4) is 0 Å². The SMILES string of the molecule is CN=CN=C(N)c1ccc(C2=CCN(C(=O)CN3CC[C@]4(CCN(c5ccc(N)c(C(=N)c6ccc(F)c(N7CCCC7)c6)n5)C4=O)C3)CC2)cc1.CN=CN=C(N)c1ccc(C2=CCN(C(=O)CN3CC[C@]4(CCN(c5ccc(N)c(C(=N)c6ccc(OC(C)C)c(F)c6)n5)C4=O)C3)CC2)cc1F. The van der Waals surface area contributed by atoms with Crippen LogP contribution in [-0.4, -0.2) is 201 Å². The van der Waals surface area contributed by atoms with E-state index in [0.29, 0.717) is 132 Å². The number of hydrogen-bond acceptors (Lipinski definition) is 16. The number of aromatic nitrogens is 2. The largest absolute Gasteiger partial charge is 0.488 e. The summed E-state index contributed by atoms with van der Waals surface area (Å²) < 4.78 is 49.7. The highest BCUT2D eigenvalue weighted by molar-refractivity contribution is 6.14. The molecule has 5 saturated heterocycles. The molecule has 0 saturated carbocycles. The van der Waals surface area contributed by atoms with Crippen LogP contribution >= 0.6 is 0 Å². The van der Waals surface area contributed by atoms with Gasteiger partial charge in [0.05, 0.1) is 64.1 Å². The van der Waals surface area contributed by atoms with Gasteiger partial charge >= 0.3 is 0 Å². The number of likely N-dealkylation sites (tertiary alicyclic amines) is 2. The number of carbonyl (C=O) groups excluding carboxylic acids is 4. The van der Waals surface area contributed by atoms with E-state index in [2.05, 4.69) is 35.9 Å². The number of nitrogen functional groups attached to an aromatic ring is 2. The summed E-state index contributed by atoms with van der Waals surface area (Å²) in [6.07, 6.45) is 12.4. The lowest BCUT2D eigenvalue weighted by molar-refractivity contribution is -0.133. The van der Waals surface area contributed by atoms with Gasteiger partial charge in [-0.2, -0.15) is 0 Å². The lowest BCUT2D eigenvalue weighted by Crippen LogP contribution is -2.43. The van der Waals surface area contributed by atoms with Crippen LogP contribution in [0.4, 0.5) is 41.9 Å². The molecule has 4 amide bonds. The number of halogens is 3. The molecule has 24 nitrogen and oxygen atoms in total. The van der Waals surface area contributed by atoms with E-state index >= 15 is 0 Å². The number of pyridine rings is 2. The number of nitrogens with one attached hydrogen (secondary N) is 2. The minimum absolute atomic E-state index is 0.0154. The number of benzene rings is 4. The lowest BCUT2D eigenvalue weighted by Gasteiger charge is -2.29. The first kappa shape index (κ1) is 72.8. The van der Waals surface area contributed by atoms with E-state index in [1.54, 1.807) is 97.2 Å². The predicted molar refractivity (Wildman–Crippen MR) is 402 cm³/mol. The fraction of sp³-hybridized carbons (Fsp3) is 0.377. The van der Waals surface area contributed by atoms with Crippen molar-refractivity contribution in [3.05, 3.63) is 178 Å². The van der Waals surface area contributed by atoms with Crippen LogP contribution in [0.25, 0.3) is 11.1 Å². The highest BCUT2D eigenvalue weighted by Crippen LogP contribution is 2.44. The van der Waals surface area contributed by atoms with Crippen LogP contribution in [0.2, 0.25) is 0 Å². The molecule has 4 aromatic carbocycles. The highest BCUT2D eigenvalue weighted by atomic mass is 19.1. The van der Waals surface area contributed by atoms with Gasteiger partial charge < -0.3 is 42.4 Å².